The van der Waals surface area contributed by atoms with Gasteiger partial charge in [0.15, 0.2) is 0 Å². The summed E-state index contributed by atoms with van der Waals surface area (Å²) in [6, 6.07) is 7.61. The molecule has 29 heavy (non-hydrogen) atoms. The summed E-state index contributed by atoms with van der Waals surface area (Å²) >= 11 is 0. The van der Waals surface area contributed by atoms with Crippen molar-refractivity contribution in [3.8, 4) is 29.0 Å². The Kier molecular flexibility index (Phi) is 5.63. The van der Waals surface area contributed by atoms with Crippen LogP contribution in [0.3, 0.4) is 0 Å². The van der Waals surface area contributed by atoms with Gasteiger partial charge in [0.05, 0.1) is 6.54 Å². The minimum atomic E-state index is -4.81. The summed E-state index contributed by atoms with van der Waals surface area (Å²) in [6.45, 7) is -0.0599. The van der Waals surface area contributed by atoms with Gasteiger partial charge < -0.3 is 13.7 Å². The lowest BCUT2D eigenvalue weighted by atomic mass is 10.2. The second-order valence-electron chi connectivity index (χ2n) is 5.51. The van der Waals surface area contributed by atoms with E-state index < -0.39 is 30.0 Å². The quantitative estimate of drug-likeness (QED) is 0.483. The molecule has 0 saturated carbocycles. The van der Waals surface area contributed by atoms with Crippen LogP contribution in [0.2, 0.25) is 0 Å². The first-order valence-corrected chi connectivity index (χ1v) is 7.88. The van der Waals surface area contributed by atoms with Gasteiger partial charge in [0, 0.05) is 23.4 Å². The topological polar surface area (TPSA) is 70.2 Å². The number of hydrogen-bond donors (Lipinski definition) is 0. The van der Waals surface area contributed by atoms with E-state index in [0.717, 1.165) is 18.2 Å². The maximum Gasteiger partial charge on any atom is 0.573 e. The van der Waals surface area contributed by atoms with Crippen LogP contribution in [-0.4, -0.2) is 21.1 Å². The molecule has 0 radical (unpaired) electrons. The Labute approximate surface area is 159 Å². The molecule has 3 rings (SSSR count). The average Bonchev–Trinajstić information content (AvgIpc) is 3.12. The molecule has 0 N–H and O–H groups in total. The second kappa shape index (κ2) is 8.14. The fraction of sp³-hybridized carbons (Fsp3) is 0.167. The highest BCUT2D eigenvalue weighted by Gasteiger charge is 2.31. The number of ether oxygens (including phenoxy) is 1. The Hall–Kier alpha value is -3.68. The Morgan fingerprint density at radius 1 is 1.17 bits per heavy atom. The van der Waals surface area contributed by atoms with Gasteiger partial charge in [0.1, 0.15) is 5.75 Å². The number of aromatic nitrogens is 3. The number of halogens is 5. The van der Waals surface area contributed by atoms with Crippen LogP contribution in [0.1, 0.15) is 17.9 Å². The number of hydrogen-bond acceptors (Lipinski definition) is 5. The van der Waals surface area contributed by atoms with E-state index in [9.17, 15) is 26.7 Å². The number of alkyl halides is 5. The van der Waals surface area contributed by atoms with Crippen molar-refractivity contribution in [2.45, 2.75) is 19.3 Å². The predicted molar refractivity (Wildman–Crippen MR) is 89.0 cm³/mol. The minimum absolute atomic E-state index is 0.0599. The maximum atomic E-state index is 12.5. The van der Waals surface area contributed by atoms with E-state index in [4.69, 9.17) is 4.42 Å². The van der Waals surface area contributed by atoms with E-state index in [2.05, 4.69) is 26.8 Å². The van der Waals surface area contributed by atoms with Gasteiger partial charge in [-0.25, -0.2) is 0 Å². The molecule has 0 saturated heterocycles. The third-order valence-corrected chi connectivity index (χ3v) is 3.42. The van der Waals surface area contributed by atoms with Crippen LogP contribution in [0, 0.1) is 11.8 Å². The van der Waals surface area contributed by atoms with Crippen molar-refractivity contribution in [3.63, 3.8) is 0 Å². The molecule has 2 heterocycles. The normalized spacial score (nSPS) is 11.2. The molecule has 2 aromatic heterocycles. The fourth-order valence-corrected chi connectivity index (χ4v) is 2.21. The lowest BCUT2D eigenvalue weighted by Crippen LogP contribution is -2.17. The molecule has 3 aromatic rings. The van der Waals surface area contributed by atoms with Gasteiger partial charge >= 0.3 is 12.8 Å². The van der Waals surface area contributed by atoms with E-state index in [1.807, 2.05) is 0 Å². The molecule has 0 aliphatic heterocycles. The van der Waals surface area contributed by atoms with E-state index in [-0.39, 0.29) is 23.6 Å². The molecule has 0 aliphatic rings. The highest BCUT2D eigenvalue weighted by molar-refractivity contribution is 5.51. The van der Waals surface area contributed by atoms with Crippen LogP contribution in [-0.2, 0) is 6.54 Å². The molecular formula is C18H10F5N3O3. The summed E-state index contributed by atoms with van der Waals surface area (Å²) in [5.74, 6) is 3.79. The number of pyridine rings is 1. The average molecular weight is 411 g/mol. The van der Waals surface area contributed by atoms with Crippen molar-refractivity contribution >= 4 is 0 Å². The van der Waals surface area contributed by atoms with Gasteiger partial charge in [-0.15, -0.1) is 23.4 Å². The molecule has 0 fully saturated rings. The van der Waals surface area contributed by atoms with Crippen LogP contribution in [0.25, 0.3) is 11.5 Å². The van der Waals surface area contributed by atoms with Crippen LogP contribution in [0.4, 0.5) is 22.0 Å². The Bertz CT molecular complexity index is 1130. The first-order chi connectivity index (χ1) is 13.7. The van der Waals surface area contributed by atoms with Gasteiger partial charge in [-0.3, -0.25) is 4.79 Å². The van der Waals surface area contributed by atoms with Crippen molar-refractivity contribution in [2.75, 3.05) is 0 Å². The summed E-state index contributed by atoms with van der Waals surface area (Å²) in [4.78, 5) is 12.1. The van der Waals surface area contributed by atoms with Gasteiger partial charge in [-0.05, 0) is 24.3 Å². The van der Waals surface area contributed by atoms with Crippen LogP contribution < -0.4 is 10.3 Å². The van der Waals surface area contributed by atoms with E-state index in [0.29, 0.717) is 0 Å². The number of nitrogens with zero attached hydrogens (tertiary/aromatic N) is 3. The van der Waals surface area contributed by atoms with Crippen molar-refractivity contribution in [1.29, 1.82) is 0 Å². The molecular weight excluding hydrogens is 401 g/mol. The smallest absolute Gasteiger partial charge is 0.415 e. The lowest BCUT2D eigenvalue weighted by molar-refractivity contribution is -0.274. The fourth-order valence-electron chi connectivity index (χ4n) is 2.21. The largest absolute Gasteiger partial charge is 0.573 e. The highest BCUT2D eigenvalue weighted by Crippen LogP contribution is 2.23. The Balaban J connectivity index is 1.72. The molecule has 0 unspecified atom stereocenters. The Morgan fingerprint density at radius 3 is 2.62 bits per heavy atom. The van der Waals surface area contributed by atoms with Crippen LogP contribution in [0.15, 0.2) is 51.8 Å². The summed E-state index contributed by atoms with van der Waals surface area (Å²) in [5.41, 5.74) is -0.0832. The Morgan fingerprint density at radius 2 is 1.97 bits per heavy atom. The molecule has 0 aliphatic carbocycles. The minimum Gasteiger partial charge on any atom is -0.415 e. The third kappa shape index (κ3) is 5.41. The van der Waals surface area contributed by atoms with Crippen molar-refractivity contribution in [3.05, 3.63) is 64.4 Å². The zero-order chi connectivity index (χ0) is 21.0. The van der Waals surface area contributed by atoms with Crippen LogP contribution >= 0.6 is 0 Å². The number of benzene rings is 1. The summed E-state index contributed by atoms with van der Waals surface area (Å²) in [7, 11) is 0. The van der Waals surface area contributed by atoms with Crippen molar-refractivity contribution in [2.24, 2.45) is 0 Å². The van der Waals surface area contributed by atoms with E-state index in [1.54, 1.807) is 0 Å². The number of rotatable bonds is 4. The molecule has 150 valence electrons. The van der Waals surface area contributed by atoms with Gasteiger partial charge in [0.2, 0.25) is 5.89 Å². The lowest BCUT2D eigenvalue weighted by Gasteiger charge is -2.08. The first kappa shape index (κ1) is 20.1. The zero-order valence-corrected chi connectivity index (χ0v) is 14.3. The summed E-state index contributed by atoms with van der Waals surface area (Å²) in [5, 5.41) is 6.63. The van der Waals surface area contributed by atoms with Crippen LogP contribution in [0.5, 0.6) is 5.75 Å². The summed E-state index contributed by atoms with van der Waals surface area (Å²) in [6.07, 6.45) is -6.39. The molecule has 11 heteroatoms. The summed E-state index contributed by atoms with van der Waals surface area (Å²) < 4.78 is 71.5. The molecule has 0 amide bonds. The zero-order valence-electron chi connectivity index (χ0n) is 14.3. The van der Waals surface area contributed by atoms with E-state index in [1.165, 1.54) is 29.0 Å². The van der Waals surface area contributed by atoms with Gasteiger partial charge in [0.25, 0.3) is 11.4 Å². The predicted octanol–water partition coefficient (Wildman–Crippen LogP) is 3.79. The highest BCUT2D eigenvalue weighted by atomic mass is 19.4. The molecule has 6 nitrogen and oxygen atoms in total. The van der Waals surface area contributed by atoms with Crippen molar-refractivity contribution < 1.29 is 31.1 Å². The van der Waals surface area contributed by atoms with E-state index >= 15 is 0 Å². The second-order valence-corrected chi connectivity index (χ2v) is 5.51. The van der Waals surface area contributed by atoms with Gasteiger partial charge in [-0.1, -0.05) is 17.9 Å². The maximum absolute atomic E-state index is 12.5. The standard InChI is InChI=1S/C18H10F5N3O3/c19-15(20)17-25-24-16(28-17)12-6-8-26(14(27)10-12)7-2-4-11-3-1-5-13(9-11)29-18(21,22)23/h1,3,5-6,8-10,15H,7H2. The molecule has 1 aromatic carbocycles. The molecule has 0 spiro atoms. The molecule has 0 atom stereocenters. The SMILES string of the molecule is O=c1cc(-c2nnc(C(F)F)o2)ccn1CC#Cc1cccc(OC(F)(F)F)c1. The van der Waals surface area contributed by atoms with Crippen molar-refractivity contribution in [1.82, 2.24) is 14.8 Å². The third-order valence-electron chi connectivity index (χ3n) is 3.42. The molecule has 0 bridgehead atoms. The van der Waals surface area contributed by atoms with Gasteiger partial charge in [-0.2, -0.15) is 8.78 Å². The monoisotopic (exact) mass is 411 g/mol. The first-order valence-electron chi connectivity index (χ1n) is 7.88.